The normalized spacial score (nSPS) is 16.6. The number of nitrogens with two attached hydrogens (primary N) is 2. The summed E-state index contributed by atoms with van der Waals surface area (Å²) < 4.78 is 0. The summed E-state index contributed by atoms with van der Waals surface area (Å²) in [5, 5.41) is 16.2. The minimum absolute atomic E-state index is 0.0567. The molecule has 7 atom stereocenters. The van der Waals surface area contributed by atoms with E-state index < -0.39 is 83.6 Å². The summed E-state index contributed by atoms with van der Waals surface area (Å²) in [6.07, 6.45) is 7.46. The Bertz CT molecular complexity index is 1640. The molecule has 0 aliphatic heterocycles. The molecule has 7 amide bonds. The largest absolute Gasteiger partial charge is 0.368 e. The first-order valence-corrected chi connectivity index (χ1v) is 20.1. The number of carbonyl (C=O) groups excluding carboxylic acids is 7. The fourth-order valence-corrected chi connectivity index (χ4v) is 6.73. The van der Waals surface area contributed by atoms with E-state index in [0.29, 0.717) is 19.3 Å². The lowest BCUT2D eigenvalue weighted by Gasteiger charge is -2.28. The monoisotopic (exact) mass is 790 g/mol. The molecule has 312 valence electrons. The summed E-state index contributed by atoms with van der Waals surface area (Å²) in [5.74, 6) is -4.06. The van der Waals surface area contributed by atoms with Gasteiger partial charge in [0.05, 0.1) is 6.04 Å². The van der Waals surface area contributed by atoms with Crippen LogP contribution in [-0.4, -0.2) is 83.6 Å². The molecule has 57 heavy (non-hydrogen) atoms. The van der Waals surface area contributed by atoms with Crippen LogP contribution in [0.15, 0.2) is 60.7 Å². The Morgan fingerprint density at radius 3 is 1.47 bits per heavy atom. The molecule has 0 heterocycles. The number of carbonyl (C=O) groups is 7. The van der Waals surface area contributed by atoms with Crippen molar-refractivity contribution < 1.29 is 33.6 Å². The van der Waals surface area contributed by atoms with Crippen molar-refractivity contribution in [1.29, 1.82) is 0 Å². The molecule has 1 aliphatic carbocycles. The highest BCUT2D eigenvalue weighted by molar-refractivity contribution is 5.97. The summed E-state index contributed by atoms with van der Waals surface area (Å²) >= 11 is 0. The van der Waals surface area contributed by atoms with E-state index in [1.807, 2.05) is 19.1 Å². The predicted octanol–water partition coefficient (Wildman–Crippen LogP) is 1.41. The van der Waals surface area contributed by atoms with Crippen LogP contribution in [0.4, 0.5) is 0 Å². The van der Waals surface area contributed by atoms with Gasteiger partial charge in [0.25, 0.3) is 0 Å². The minimum atomic E-state index is -1.18. The van der Waals surface area contributed by atoms with E-state index in [2.05, 4.69) is 31.9 Å². The van der Waals surface area contributed by atoms with Crippen LogP contribution in [0, 0.1) is 5.92 Å². The number of benzene rings is 2. The van der Waals surface area contributed by atoms with Crippen molar-refractivity contribution in [3.63, 3.8) is 0 Å². The molecule has 0 unspecified atom stereocenters. The Morgan fingerprint density at radius 2 is 1.00 bits per heavy atom. The average molecular weight is 791 g/mol. The molecule has 0 bridgehead atoms. The number of nitrogens with one attached hydrogen (secondary N) is 6. The fraction of sp³-hybridized carbons (Fsp3) is 0.548. The third-order valence-electron chi connectivity index (χ3n) is 10.2. The minimum Gasteiger partial charge on any atom is -0.368 e. The first kappa shape index (κ1) is 46.1. The van der Waals surface area contributed by atoms with Crippen LogP contribution >= 0.6 is 0 Å². The van der Waals surface area contributed by atoms with Crippen LogP contribution in [0.5, 0.6) is 0 Å². The summed E-state index contributed by atoms with van der Waals surface area (Å²) in [4.78, 5) is 92.5. The Labute approximate surface area is 336 Å². The lowest BCUT2D eigenvalue weighted by molar-refractivity contribution is -0.135. The highest BCUT2D eigenvalue weighted by atomic mass is 16.2. The van der Waals surface area contributed by atoms with Crippen molar-refractivity contribution in [3.05, 3.63) is 71.8 Å². The molecular formula is C42H62N8O7. The van der Waals surface area contributed by atoms with Crippen molar-refractivity contribution in [2.75, 3.05) is 0 Å². The molecule has 10 N–H and O–H groups in total. The van der Waals surface area contributed by atoms with Crippen molar-refractivity contribution >= 4 is 41.4 Å². The Hall–Kier alpha value is -5.31. The third-order valence-corrected chi connectivity index (χ3v) is 10.2. The van der Waals surface area contributed by atoms with Gasteiger partial charge in [-0.3, -0.25) is 33.6 Å². The Balaban J connectivity index is 1.73. The van der Waals surface area contributed by atoms with E-state index in [4.69, 9.17) is 11.5 Å². The number of hydrogen-bond donors (Lipinski definition) is 8. The smallest absolute Gasteiger partial charge is 0.243 e. The topological polar surface area (TPSA) is 244 Å². The lowest BCUT2D eigenvalue weighted by atomic mass is 9.84. The fourth-order valence-electron chi connectivity index (χ4n) is 6.73. The third kappa shape index (κ3) is 16.0. The summed E-state index contributed by atoms with van der Waals surface area (Å²) in [6.45, 7) is 6.39. The SMILES string of the molecule is CCCC[C@H](NC(=O)[C@@H](Cc1ccccc1)NC(=O)[C@H](Cc1ccccc1)NC(=O)[C@H](C)NC(=O)[C@H](C)NC(=O)[C@@H](CC1CCCCC1)NC(=O)[C@@H](C)N)C(N)=O. The van der Waals surface area contributed by atoms with Crippen molar-refractivity contribution in [2.45, 2.75) is 141 Å². The second kappa shape index (κ2) is 23.7. The molecule has 1 saturated carbocycles. The number of amides is 7. The lowest BCUT2D eigenvalue weighted by Crippen LogP contribution is -2.59. The predicted molar refractivity (Wildman–Crippen MR) is 217 cm³/mol. The van der Waals surface area contributed by atoms with E-state index in [0.717, 1.165) is 49.7 Å². The number of rotatable bonds is 22. The molecule has 15 heteroatoms. The zero-order valence-corrected chi connectivity index (χ0v) is 33.7. The van der Waals surface area contributed by atoms with Crippen LogP contribution in [-0.2, 0) is 46.4 Å². The number of hydrogen-bond acceptors (Lipinski definition) is 8. The molecule has 2 aromatic carbocycles. The quantitative estimate of drug-likeness (QED) is 0.0865. The maximum Gasteiger partial charge on any atom is 0.243 e. The van der Waals surface area contributed by atoms with Crippen LogP contribution in [0.3, 0.4) is 0 Å². The van der Waals surface area contributed by atoms with Crippen LogP contribution in [0.1, 0.15) is 96.6 Å². The summed E-state index contributed by atoms with van der Waals surface area (Å²) in [5.41, 5.74) is 12.8. The van der Waals surface area contributed by atoms with Crippen LogP contribution < -0.4 is 43.4 Å². The van der Waals surface area contributed by atoms with E-state index in [-0.39, 0.29) is 18.8 Å². The van der Waals surface area contributed by atoms with Gasteiger partial charge in [-0.25, -0.2) is 0 Å². The molecule has 0 saturated heterocycles. The van der Waals surface area contributed by atoms with Crippen LogP contribution in [0.25, 0.3) is 0 Å². The molecule has 1 fully saturated rings. The molecular weight excluding hydrogens is 729 g/mol. The van der Waals surface area contributed by atoms with Crippen molar-refractivity contribution in [2.24, 2.45) is 17.4 Å². The average Bonchev–Trinajstić information content (AvgIpc) is 3.19. The van der Waals surface area contributed by atoms with Crippen molar-refractivity contribution in [1.82, 2.24) is 31.9 Å². The first-order chi connectivity index (χ1) is 27.2. The molecule has 2 aromatic rings. The zero-order chi connectivity index (χ0) is 41.9. The number of unbranched alkanes of at least 4 members (excludes halogenated alkanes) is 1. The highest BCUT2D eigenvalue weighted by Crippen LogP contribution is 2.27. The molecule has 1 aliphatic rings. The van der Waals surface area contributed by atoms with Gasteiger partial charge in [-0.05, 0) is 50.7 Å². The van der Waals surface area contributed by atoms with Gasteiger partial charge in [0, 0.05) is 12.8 Å². The molecule has 15 nitrogen and oxygen atoms in total. The zero-order valence-electron chi connectivity index (χ0n) is 33.7. The van der Waals surface area contributed by atoms with Gasteiger partial charge in [0.1, 0.15) is 36.3 Å². The van der Waals surface area contributed by atoms with Gasteiger partial charge in [-0.1, -0.05) is 113 Å². The van der Waals surface area contributed by atoms with Gasteiger partial charge in [-0.2, -0.15) is 0 Å². The van der Waals surface area contributed by atoms with E-state index in [9.17, 15) is 33.6 Å². The van der Waals surface area contributed by atoms with Gasteiger partial charge in [0.15, 0.2) is 0 Å². The van der Waals surface area contributed by atoms with E-state index >= 15 is 0 Å². The summed E-state index contributed by atoms with van der Waals surface area (Å²) in [6, 6.07) is 10.9. The highest BCUT2D eigenvalue weighted by Gasteiger charge is 2.32. The Morgan fingerprint density at radius 1 is 0.579 bits per heavy atom. The van der Waals surface area contributed by atoms with Crippen molar-refractivity contribution in [3.8, 4) is 0 Å². The van der Waals surface area contributed by atoms with Gasteiger partial charge in [-0.15, -0.1) is 0 Å². The second-order valence-electron chi connectivity index (χ2n) is 15.2. The maximum atomic E-state index is 14.0. The molecule has 0 radical (unpaired) electrons. The number of primary amides is 1. The van der Waals surface area contributed by atoms with Crippen LogP contribution in [0.2, 0.25) is 0 Å². The van der Waals surface area contributed by atoms with Gasteiger partial charge >= 0.3 is 0 Å². The molecule has 3 rings (SSSR count). The first-order valence-electron chi connectivity index (χ1n) is 20.1. The van der Waals surface area contributed by atoms with E-state index in [1.165, 1.54) is 20.8 Å². The molecule has 0 spiro atoms. The standard InChI is InChI=1S/C42H62N8O7/c1-5-6-22-32(36(44)51)47-41(56)35(25-31-20-14-9-15-21-31)50-42(57)34(24-30-18-12-8-13-19-30)49-39(54)28(4)45-38(53)27(3)46-40(55)33(48-37(52)26(2)43)23-29-16-10-7-11-17-29/h8-9,12-15,18-21,26-29,32-35H,5-7,10-11,16-17,22-25,43H2,1-4H3,(H2,44,51)(H,45,53)(H,46,55)(H,47,56)(H,48,52)(H,49,54)(H,50,57)/t26-,27+,28+,32+,33-,34+,35-/m1/s1. The van der Waals surface area contributed by atoms with Gasteiger partial charge < -0.3 is 43.4 Å². The summed E-state index contributed by atoms with van der Waals surface area (Å²) in [7, 11) is 0. The van der Waals surface area contributed by atoms with E-state index in [1.54, 1.807) is 48.5 Å². The maximum absolute atomic E-state index is 14.0. The van der Waals surface area contributed by atoms with Gasteiger partial charge in [0.2, 0.25) is 41.4 Å². The Kier molecular flexibility index (Phi) is 19.1. The second-order valence-corrected chi connectivity index (χ2v) is 15.2. The molecule has 0 aromatic heterocycles.